The molecule has 13 heteroatoms. The molecule has 1 aromatic carbocycles. The number of aromatic nitrogens is 3. The van der Waals surface area contributed by atoms with Crippen molar-refractivity contribution in [2.75, 3.05) is 33.2 Å². The molecule has 2 amide bonds. The Hall–Kier alpha value is -4.68. The van der Waals surface area contributed by atoms with Crippen LogP contribution in [0.25, 0.3) is 11.0 Å². The molecule has 0 aliphatic carbocycles. The Labute approximate surface area is 292 Å². The molecule has 3 aromatic rings. The minimum atomic E-state index is -0.683. The van der Waals surface area contributed by atoms with Gasteiger partial charge in [0.1, 0.15) is 17.3 Å². The number of carbonyl (C=O) groups is 2. The van der Waals surface area contributed by atoms with Crippen molar-refractivity contribution in [2.45, 2.75) is 95.0 Å². The molecule has 0 bridgehead atoms. The number of piperazine rings is 1. The molecule has 49 heavy (non-hydrogen) atoms. The Morgan fingerprint density at radius 3 is 2.08 bits per heavy atom. The fourth-order valence-electron chi connectivity index (χ4n) is 4.51. The number of allylic oxidation sites excluding steroid dienone is 1. The molecule has 1 saturated heterocycles. The number of nitrogens with two attached hydrogens (primary N) is 1. The monoisotopic (exact) mass is 686 g/mol. The van der Waals surface area contributed by atoms with Crippen LogP contribution in [0.5, 0.6) is 0 Å². The highest BCUT2D eigenvalue weighted by Gasteiger charge is 2.27. The number of carbonyl (C=O) groups excluding carboxylic acids is 2. The summed E-state index contributed by atoms with van der Waals surface area (Å²) >= 11 is 0. The molecule has 3 heterocycles. The number of rotatable bonds is 8. The number of hydrogen-bond acceptors (Lipinski definition) is 8. The lowest BCUT2D eigenvalue weighted by molar-refractivity contribution is 0.0536. The first-order valence-electron chi connectivity index (χ1n) is 17.3. The van der Waals surface area contributed by atoms with Crippen LogP contribution in [0.15, 0.2) is 59.5 Å². The van der Waals surface area contributed by atoms with Gasteiger partial charge in [0.2, 0.25) is 0 Å². The van der Waals surface area contributed by atoms with Crippen LogP contribution < -0.4 is 5.73 Å². The number of ether oxygens (including phenoxy) is 2. The molecule has 12 nitrogen and oxygen atoms in total. The summed E-state index contributed by atoms with van der Waals surface area (Å²) in [5, 5.41) is 5.46. The maximum atomic E-state index is 14.4. The van der Waals surface area contributed by atoms with Gasteiger partial charge >= 0.3 is 12.2 Å². The number of hydrogen-bond donors (Lipinski definition) is 1. The molecule has 1 aliphatic heterocycles. The molecule has 2 N–H and O–H groups in total. The van der Waals surface area contributed by atoms with Crippen molar-refractivity contribution in [3.8, 4) is 0 Å². The number of nitrogens with zero attached hydrogens (tertiary/aromatic N) is 7. The van der Waals surface area contributed by atoms with Crippen molar-refractivity contribution in [1.29, 1.82) is 0 Å². The SMILES string of the molecule is C/C(=C\N(C)C(/N=C/N)c1nn(Cc2ccccc2F)c2ncccc12)OC(=O)N1CCN(C(=O)OC(C)C)CC1.CC.CC.CC.CC. The zero-order valence-corrected chi connectivity index (χ0v) is 31.6. The van der Waals surface area contributed by atoms with Crippen LogP contribution in [0.1, 0.15) is 93.6 Å². The van der Waals surface area contributed by atoms with E-state index in [1.165, 1.54) is 17.3 Å². The van der Waals surface area contributed by atoms with E-state index in [1.54, 1.807) is 79.0 Å². The summed E-state index contributed by atoms with van der Waals surface area (Å²) in [6.45, 7) is 22.8. The van der Waals surface area contributed by atoms with E-state index in [9.17, 15) is 14.0 Å². The van der Waals surface area contributed by atoms with E-state index >= 15 is 0 Å². The second-order valence-electron chi connectivity index (χ2n) is 9.86. The maximum absolute atomic E-state index is 14.4. The molecule has 274 valence electrons. The summed E-state index contributed by atoms with van der Waals surface area (Å²) in [6.07, 6.45) is 2.65. The van der Waals surface area contributed by atoms with E-state index in [0.29, 0.717) is 48.8 Å². The zero-order valence-electron chi connectivity index (χ0n) is 31.6. The van der Waals surface area contributed by atoms with Crippen LogP contribution >= 0.6 is 0 Å². The summed E-state index contributed by atoms with van der Waals surface area (Å²) in [6, 6.07) is 10.2. The van der Waals surface area contributed by atoms with Crippen molar-refractivity contribution < 1.29 is 23.5 Å². The standard InChI is InChI=1S/C28H35FN8O4.4C2H6/c1-19(2)40-27(38)35-12-14-36(15-13-35)28(39)41-20(3)16-34(4)26(32-18-30)24-22-9-7-11-31-25(22)37(33-24)17-21-8-5-6-10-23(21)29;4*1-2/h5-11,16,18-19,26H,12-15,17H2,1-4H3,(H2,30,32);4*1-2H3/b20-16+;;;;. The predicted octanol–water partition coefficient (Wildman–Crippen LogP) is 7.80. The Balaban J connectivity index is 0.00000268. The highest BCUT2D eigenvalue weighted by Crippen LogP contribution is 2.28. The summed E-state index contributed by atoms with van der Waals surface area (Å²) in [7, 11) is 1.76. The number of halogens is 1. The first-order chi connectivity index (χ1) is 23.7. The lowest BCUT2D eigenvalue weighted by Gasteiger charge is -2.33. The largest absolute Gasteiger partial charge is 0.447 e. The third-order valence-corrected chi connectivity index (χ3v) is 6.44. The van der Waals surface area contributed by atoms with Gasteiger partial charge < -0.3 is 29.9 Å². The summed E-state index contributed by atoms with van der Waals surface area (Å²) in [5.74, 6) is -0.0101. The quantitative estimate of drug-likeness (QED) is 0.144. The summed E-state index contributed by atoms with van der Waals surface area (Å²) < 4.78 is 26.8. The fraction of sp³-hybridized carbons (Fsp3) is 0.528. The molecule has 1 aliphatic rings. The average molecular weight is 687 g/mol. The van der Waals surface area contributed by atoms with Gasteiger partial charge in [-0.05, 0) is 39.0 Å². The van der Waals surface area contributed by atoms with Gasteiger partial charge in [-0.1, -0.05) is 73.6 Å². The third kappa shape index (κ3) is 13.4. The second kappa shape index (κ2) is 24.5. The Kier molecular flexibility index (Phi) is 22.1. The van der Waals surface area contributed by atoms with Gasteiger partial charge in [0.05, 0.1) is 19.0 Å². The van der Waals surface area contributed by atoms with Crippen LogP contribution in [0, 0.1) is 5.82 Å². The van der Waals surface area contributed by atoms with Gasteiger partial charge in [0, 0.05) is 56.6 Å². The molecular formula is C36H59FN8O4. The van der Waals surface area contributed by atoms with Gasteiger partial charge in [-0.3, -0.25) is 0 Å². The first kappa shape index (κ1) is 44.3. The molecule has 0 radical (unpaired) electrons. The summed E-state index contributed by atoms with van der Waals surface area (Å²) in [4.78, 5) is 38.6. The van der Waals surface area contributed by atoms with Crippen LogP contribution in [0.2, 0.25) is 0 Å². The van der Waals surface area contributed by atoms with Crippen molar-refractivity contribution in [3.63, 3.8) is 0 Å². The molecule has 0 spiro atoms. The van der Waals surface area contributed by atoms with Gasteiger partial charge in [-0.25, -0.2) is 28.6 Å². The zero-order chi connectivity index (χ0) is 37.5. The number of amides is 2. The van der Waals surface area contributed by atoms with E-state index in [0.717, 1.165) is 5.39 Å². The van der Waals surface area contributed by atoms with Crippen molar-refractivity contribution >= 4 is 29.6 Å². The maximum Gasteiger partial charge on any atom is 0.415 e. The van der Waals surface area contributed by atoms with E-state index in [1.807, 2.05) is 61.5 Å². The highest BCUT2D eigenvalue weighted by atomic mass is 19.1. The van der Waals surface area contributed by atoms with Gasteiger partial charge in [0.15, 0.2) is 11.8 Å². The fourth-order valence-corrected chi connectivity index (χ4v) is 4.51. The summed E-state index contributed by atoms with van der Waals surface area (Å²) in [5.41, 5.74) is 7.29. The average Bonchev–Trinajstić information content (AvgIpc) is 3.49. The molecule has 4 rings (SSSR count). The minimum Gasteiger partial charge on any atom is -0.447 e. The van der Waals surface area contributed by atoms with E-state index in [2.05, 4.69) is 9.98 Å². The van der Waals surface area contributed by atoms with E-state index in [-0.39, 0.29) is 18.5 Å². The van der Waals surface area contributed by atoms with Crippen molar-refractivity contribution in [1.82, 2.24) is 29.5 Å². The van der Waals surface area contributed by atoms with Crippen molar-refractivity contribution in [2.24, 2.45) is 10.7 Å². The molecule has 2 aromatic heterocycles. The van der Waals surface area contributed by atoms with E-state index in [4.69, 9.17) is 20.3 Å². The molecule has 1 atom stereocenters. The van der Waals surface area contributed by atoms with Gasteiger partial charge in [-0.15, -0.1) is 0 Å². The lowest BCUT2D eigenvalue weighted by atomic mass is 10.2. The van der Waals surface area contributed by atoms with Crippen LogP contribution in [0.3, 0.4) is 0 Å². The third-order valence-electron chi connectivity index (χ3n) is 6.44. The van der Waals surface area contributed by atoms with Crippen LogP contribution in [-0.2, 0) is 16.0 Å². The Morgan fingerprint density at radius 1 is 0.959 bits per heavy atom. The number of pyridine rings is 1. The number of benzene rings is 1. The van der Waals surface area contributed by atoms with Crippen LogP contribution in [0.4, 0.5) is 14.0 Å². The smallest absolute Gasteiger partial charge is 0.415 e. The molecular weight excluding hydrogens is 627 g/mol. The van der Waals surface area contributed by atoms with Gasteiger partial charge in [0.25, 0.3) is 0 Å². The lowest BCUT2D eigenvalue weighted by Crippen LogP contribution is -2.51. The Bertz CT molecular complexity index is 1440. The first-order valence-corrected chi connectivity index (χ1v) is 17.3. The van der Waals surface area contributed by atoms with E-state index < -0.39 is 18.4 Å². The minimum absolute atomic E-state index is 0.178. The van der Waals surface area contributed by atoms with Gasteiger partial charge in [-0.2, -0.15) is 5.10 Å². The number of aliphatic imine (C=N–C) groups is 1. The predicted molar refractivity (Wildman–Crippen MR) is 197 cm³/mol. The topological polar surface area (TPSA) is 131 Å². The van der Waals surface area contributed by atoms with Crippen LogP contribution in [-0.4, -0.2) is 87.3 Å². The normalized spacial score (nSPS) is 13.1. The number of fused-ring (bicyclic) bond motifs is 1. The second-order valence-corrected chi connectivity index (χ2v) is 9.86. The Morgan fingerprint density at radius 2 is 1.53 bits per heavy atom. The highest BCUT2D eigenvalue weighted by molar-refractivity contribution is 5.79. The molecule has 1 unspecified atom stereocenters. The van der Waals surface area contributed by atoms with Crippen molar-refractivity contribution in [3.05, 3.63) is 71.6 Å². The molecule has 0 saturated carbocycles. The molecule has 1 fully saturated rings.